The van der Waals surface area contributed by atoms with Gasteiger partial charge in [0.15, 0.2) is 0 Å². The van der Waals surface area contributed by atoms with E-state index in [4.69, 9.17) is 10.5 Å². The van der Waals surface area contributed by atoms with Crippen LogP contribution in [0.15, 0.2) is 17.5 Å². The third-order valence-corrected chi connectivity index (χ3v) is 3.04. The first kappa shape index (κ1) is 14.2. The number of rotatable bonds is 4. The molecule has 3 N–H and O–H groups in total. The number of carbonyl (C=O) groups excluding carboxylic acids is 1. The molecular weight excluding hydrogens is 238 g/mol. The second-order valence-corrected chi connectivity index (χ2v) is 5.88. The molecule has 0 spiro atoms. The van der Waals surface area contributed by atoms with E-state index in [9.17, 15) is 9.90 Å². The van der Waals surface area contributed by atoms with Gasteiger partial charge in [-0.25, -0.2) is 0 Å². The van der Waals surface area contributed by atoms with Gasteiger partial charge < -0.3 is 15.6 Å². The topological polar surface area (TPSA) is 72.5 Å². The van der Waals surface area contributed by atoms with Gasteiger partial charge in [0.25, 0.3) is 0 Å². The summed E-state index contributed by atoms with van der Waals surface area (Å²) in [6.07, 6.45) is -0.843. The van der Waals surface area contributed by atoms with Gasteiger partial charge in [0.2, 0.25) is 0 Å². The van der Waals surface area contributed by atoms with Crippen molar-refractivity contribution in [3.05, 3.63) is 22.4 Å². The molecular formula is C12H19NO3S. The standard InChI is InChI=1S/C12H19NO3S/c1-12(2,3)16-11(15)8(7-10(13)14)9-5-4-6-17-9/h4-6,8,10,14H,7,13H2,1-3H3. The molecule has 96 valence electrons. The number of hydrogen-bond donors (Lipinski definition) is 2. The molecule has 0 aliphatic heterocycles. The second kappa shape index (κ2) is 5.62. The molecule has 17 heavy (non-hydrogen) atoms. The van der Waals surface area contributed by atoms with Crippen molar-refractivity contribution in [2.24, 2.45) is 5.73 Å². The zero-order chi connectivity index (χ0) is 13.1. The van der Waals surface area contributed by atoms with Gasteiger partial charge in [-0.3, -0.25) is 4.79 Å². The van der Waals surface area contributed by atoms with Gasteiger partial charge in [-0.1, -0.05) is 6.07 Å². The van der Waals surface area contributed by atoms with Crippen molar-refractivity contribution in [1.29, 1.82) is 0 Å². The average molecular weight is 257 g/mol. The SMILES string of the molecule is CC(C)(C)OC(=O)C(CC(N)O)c1cccs1. The first-order valence-electron chi connectivity index (χ1n) is 5.49. The van der Waals surface area contributed by atoms with Gasteiger partial charge in [-0.15, -0.1) is 11.3 Å². The average Bonchev–Trinajstić information content (AvgIpc) is 2.63. The van der Waals surface area contributed by atoms with E-state index in [0.717, 1.165) is 4.88 Å². The highest BCUT2D eigenvalue weighted by atomic mass is 32.1. The summed E-state index contributed by atoms with van der Waals surface area (Å²) in [5.74, 6) is -0.835. The lowest BCUT2D eigenvalue weighted by Crippen LogP contribution is -2.31. The van der Waals surface area contributed by atoms with Crippen molar-refractivity contribution >= 4 is 17.3 Å². The third kappa shape index (κ3) is 4.85. The van der Waals surface area contributed by atoms with Crippen LogP contribution in [-0.4, -0.2) is 22.9 Å². The number of esters is 1. The maximum atomic E-state index is 12.0. The third-order valence-electron chi connectivity index (χ3n) is 2.06. The molecule has 2 atom stereocenters. The molecule has 1 heterocycles. The zero-order valence-electron chi connectivity index (χ0n) is 10.3. The Morgan fingerprint density at radius 3 is 2.65 bits per heavy atom. The van der Waals surface area contributed by atoms with Crippen LogP contribution in [0.5, 0.6) is 0 Å². The van der Waals surface area contributed by atoms with Crippen LogP contribution in [0.25, 0.3) is 0 Å². The molecule has 0 aromatic carbocycles. The van der Waals surface area contributed by atoms with Gasteiger partial charge in [0.1, 0.15) is 11.8 Å². The minimum absolute atomic E-state index is 0.176. The minimum atomic E-state index is -1.02. The first-order valence-corrected chi connectivity index (χ1v) is 6.37. The largest absolute Gasteiger partial charge is 0.459 e. The molecule has 1 aromatic rings. The number of aliphatic hydroxyl groups is 1. The van der Waals surface area contributed by atoms with Crippen LogP contribution in [0, 0.1) is 0 Å². The Morgan fingerprint density at radius 2 is 2.24 bits per heavy atom. The van der Waals surface area contributed by atoms with E-state index >= 15 is 0 Å². The molecule has 0 aliphatic rings. The summed E-state index contributed by atoms with van der Waals surface area (Å²) in [5.41, 5.74) is 4.82. The van der Waals surface area contributed by atoms with Crippen molar-refractivity contribution in [1.82, 2.24) is 0 Å². The molecule has 0 saturated heterocycles. The van der Waals surface area contributed by atoms with E-state index in [1.165, 1.54) is 11.3 Å². The minimum Gasteiger partial charge on any atom is -0.459 e. The highest BCUT2D eigenvalue weighted by molar-refractivity contribution is 7.10. The van der Waals surface area contributed by atoms with E-state index < -0.39 is 17.7 Å². The molecule has 0 bridgehead atoms. The highest BCUT2D eigenvalue weighted by Gasteiger charge is 2.28. The van der Waals surface area contributed by atoms with Gasteiger partial charge >= 0.3 is 5.97 Å². The van der Waals surface area contributed by atoms with E-state index in [-0.39, 0.29) is 12.4 Å². The quantitative estimate of drug-likeness (QED) is 0.637. The van der Waals surface area contributed by atoms with Crippen molar-refractivity contribution in [2.45, 2.75) is 44.9 Å². The van der Waals surface area contributed by atoms with Gasteiger partial charge in [-0.05, 0) is 32.2 Å². The Bertz CT molecular complexity index is 354. The van der Waals surface area contributed by atoms with Crippen LogP contribution in [0.2, 0.25) is 0 Å². The van der Waals surface area contributed by atoms with Crippen LogP contribution >= 0.6 is 11.3 Å². The van der Waals surface area contributed by atoms with Gasteiger partial charge in [0.05, 0.1) is 5.92 Å². The molecule has 2 unspecified atom stereocenters. The molecule has 0 radical (unpaired) electrons. The lowest BCUT2D eigenvalue weighted by molar-refractivity contribution is -0.157. The Balaban J connectivity index is 2.80. The summed E-state index contributed by atoms with van der Waals surface area (Å²) < 4.78 is 5.33. The smallest absolute Gasteiger partial charge is 0.314 e. The number of ether oxygens (including phenoxy) is 1. The van der Waals surface area contributed by atoms with Crippen LogP contribution in [0.3, 0.4) is 0 Å². The monoisotopic (exact) mass is 257 g/mol. The van der Waals surface area contributed by atoms with Crippen LogP contribution in [0.1, 0.15) is 38.0 Å². The van der Waals surface area contributed by atoms with Crippen LogP contribution < -0.4 is 5.73 Å². The molecule has 0 fully saturated rings. The summed E-state index contributed by atoms with van der Waals surface area (Å²) in [6.45, 7) is 5.44. The Morgan fingerprint density at radius 1 is 1.59 bits per heavy atom. The molecule has 0 amide bonds. The van der Waals surface area contributed by atoms with Gasteiger partial charge in [0, 0.05) is 11.3 Å². The fraction of sp³-hybridized carbons (Fsp3) is 0.583. The fourth-order valence-corrected chi connectivity index (χ4v) is 2.26. The second-order valence-electron chi connectivity index (χ2n) is 4.90. The fourth-order valence-electron chi connectivity index (χ4n) is 1.43. The summed E-state index contributed by atoms with van der Waals surface area (Å²) in [4.78, 5) is 12.9. The Labute approximate surface area is 105 Å². The van der Waals surface area contributed by atoms with E-state index in [1.54, 1.807) is 0 Å². The summed E-state index contributed by atoms with van der Waals surface area (Å²) in [5, 5.41) is 11.1. The Kier molecular flexibility index (Phi) is 4.68. The van der Waals surface area contributed by atoms with Crippen molar-refractivity contribution in [3.63, 3.8) is 0 Å². The van der Waals surface area contributed by atoms with Crippen LogP contribution in [0.4, 0.5) is 0 Å². The Hall–Kier alpha value is -0.910. The lowest BCUT2D eigenvalue weighted by Gasteiger charge is -2.24. The van der Waals surface area contributed by atoms with E-state index in [2.05, 4.69) is 0 Å². The number of aliphatic hydroxyl groups excluding tert-OH is 1. The molecule has 0 saturated carbocycles. The predicted molar refractivity (Wildman–Crippen MR) is 67.7 cm³/mol. The normalized spacial score (nSPS) is 15.4. The number of hydrogen-bond acceptors (Lipinski definition) is 5. The molecule has 1 rings (SSSR count). The predicted octanol–water partition coefficient (Wildman–Crippen LogP) is 1.84. The van der Waals surface area contributed by atoms with Crippen LogP contribution in [-0.2, 0) is 9.53 Å². The molecule has 1 aromatic heterocycles. The molecule has 4 nitrogen and oxygen atoms in total. The number of thiophene rings is 1. The molecule has 5 heteroatoms. The zero-order valence-corrected chi connectivity index (χ0v) is 11.2. The maximum absolute atomic E-state index is 12.0. The van der Waals surface area contributed by atoms with Gasteiger partial charge in [-0.2, -0.15) is 0 Å². The number of carbonyl (C=O) groups is 1. The van der Waals surface area contributed by atoms with Crippen molar-refractivity contribution in [2.75, 3.05) is 0 Å². The molecule has 0 aliphatic carbocycles. The van der Waals surface area contributed by atoms with Crippen molar-refractivity contribution < 1.29 is 14.6 Å². The highest BCUT2D eigenvalue weighted by Crippen LogP contribution is 2.28. The summed E-state index contributed by atoms with van der Waals surface area (Å²) >= 11 is 1.46. The lowest BCUT2D eigenvalue weighted by atomic mass is 10.0. The summed E-state index contributed by atoms with van der Waals surface area (Å²) in [6, 6.07) is 3.71. The number of nitrogens with two attached hydrogens (primary N) is 1. The maximum Gasteiger partial charge on any atom is 0.314 e. The summed E-state index contributed by atoms with van der Waals surface area (Å²) in [7, 11) is 0. The first-order chi connectivity index (χ1) is 7.79. The van der Waals surface area contributed by atoms with Crippen molar-refractivity contribution in [3.8, 4) is 0 Å². The van der Waals surface area contributed by atoms with E-state index in [0.29, 0.717) is 0 Å². The van der Waals surface area contributed by atoms with E-state index in [1.807, 2.05) is 38.3 Å².